The van der Waals surface area contributed by atoms with Gasteiger partial charge in [0.25, 0.3) is 5.91 Å². The van der Waals surface area contributed by atoms with Gasteiger partial charge in [-0.25, -0.2) is 0 Å². The zero-order valence-corrected chi connectivity index (χ0v) is 17.9. The van der Waals surface area contributed by atoms with Gasteiger partial charge in [-0.3, -0.25) is 9.78 Å². The van der Waals surface area contributed by atoms with Crippen molar-refractivity contribution in [3.8, 4) is 17.2 Å². The number of nitrogens with one attached hydrogen (secondary N) is 1. The maximum atomic E-state index is 12.7. The van der Waals surface area contributed by atoms with Crippen molar-refractivity contribution in [2.45, 2.75) is 46.6 Å². The second-order valence-corrected chi connectivity index (χ2v) is 7.41. The van der Waals surface area contributed by atoms with E-state index in [1.54, 1.807) is 6.07 Å². The van der Waals surface area contributed by atoms with Gasteiger partial charge >= 0.3 is 0 Å². The first-order chi connectivity index (χ1) is 14.4. The van der Waals surface area contributed by atoms with Crippen molar-refractivity contribution >= 4 is 11.6 Å². The highest BCUT2D eigenvalue weighted by Gasteiger charge is 2.11. The third-order valence-corrected chi connectivity index (χ3v) is 4.42. The van der Waals surface area contributed by atoms with E-state index in [0.717, 1.165) is 30.0 Å². The van der Waals surface area contributed by atoms with Crippen LogP contribution in [0.1, 0.15) is 48.9 Å². The number of hydrogen-bond donors (Lipinski definition) is 1. The molecule has 30 heavy (non-hydrogen) atoms. The summed E-state index contributed by atoms with van der Waals surface area (Å²) in [7, 11) is 0. The van der Waals surface area contributed by atoms with Gasteiger partial charge in [0.15, 0.2) is 0 Å². The summed E-state index contributed by atoms with van der Waals surface area (Å²) in [4.78, 5) is 17.2. The van der Waals surface area contributed by atoms with Crippen LogP contribution in [0.3, 0.4) is 0 Å². The molecule has 0 saturated heterocycles. The van der Waals surface area contributed by atoms with Crippen molar-refractivity contribution < 1.29 is 14.3 Å². The molecule has 1 N–H and O–H groups in total. The molecular weight excluding hydrogens is 376 g/mol. The van der Waals surface area contributed by atoms with Gasteiger partial charge < -0.3 is 14.8 Å². The van der Waals surface area contributed by atoms with Crippen LogP contribution in [0.4, 0.5) is 5.69 Å². The van der Waals surface area contributed by atoms with Crippen LogP contribution < -0.4 is 14.8 Å². The molecule has 0 aliphatic heterocycles. The highest BCUT2D eigenvalue weighted by atomic mass is 16.5. The Morgan fingerprint density at radius 2 is 1.73 bits per heavy atom. The average Bonchev–Trinajstić information content (AvgIpc) is 2.70. The molecule has 5 heteroatoms. The zero-order valence-electron chi connectivity index (χ0n) is 17.9. The molecule has 1 amide bonds. The minimum absolute atomic E-state index is 0.124. The number of amides is 1. The predicted molar refractivity (Wildman–Crippen MR) is 120 cm³/mol. The van der Waals surface area contributed by atoms with Gasteiger partial charge in [0.1, 0.15) is 17.2 Å². The summed E-state index contributed by atoms with van der Waals surface area (Å²) in [5.41, 5.74) is 2.97. The molecule has 2 aromatic carbocycles. The molecule has 0 aliphatic carbocycles. The molecule has 1 heterocycles. The summed E-state index contributed by atoms with van der Waals surface area (Å²) in [6.07, 6.45) is 2.06. The number of rotatable bonds is 8. The van der Waals surface area contributed by atoms with Crippen molar-refractivity contribution in [3.63, 3.8) is 0 Å². The van der Waals surface area contributed by atoms with E-state index in [0.29, 0.717) is 22.7 Å². The molecule has 0 atom stereocenters. The second kappa shape index (κ2) is 9.92. The summed E-state index contributed by atoms with van der Waals surface area (Å²) >= 11 is 0. The average molecular weight is 405 g/mol. The fourth-order valence-electron chi connectivity index (χ4n) is 3.08. The van der Waals surface area contributed by atoms with Gasteiger partial charge in [-0.2, -0.15) is 0 Å². The van der Waals surface area contributed by atoms with E-state index < -0.39 is 0 Å². The number of anilines is 1. The molecule has 0 saturated carbocycles. The quantitative estimate of drug-likeness (QED) is 0.487. The maximum absolute atomic E-state index is 12.7. The minimum atomic E-state index is -0.185. The van der Waals surface area contributed by atoms with Gasteiger partial charge in [-0.15, -0.1) is 0 Å². The minimum Gasteiger partial charge on any atom is -0.491 e. The van der Waals surface area contributed by atoms with Gasteiger partial charge in [0, 0.05) is 17.4 Å². The number of carbonyl (C=O) groups excluding carboxylic acids is 1. The fraction of sp³-hybridized carbons (Fsp3) is 0.280. The Kier molecular flexibility index (Phi) is 7.07. The Labute approximate surface area is 178 Å². The van der Waals surface area contributed by atoms with Crippen LogP contribution in [0.15, 0.2) is 60.7 Å². The number of aromatic nitrogens is 1. The van der Waals surface area contributed by atoms with E-state index >= 15 is 0 Å². The molecule has 0 aliphatic rings. The van der Waals surface area contributed by atoms with Crippen LogP contribution in [-0.2, 0) is 6.42 Å². The first kappa shape index (κ1) is 21.4. The van der Waals surface area contributed by atoms with E-state index in [1.165, 1.54) is 0 Å². The standard InChI is InChI=1S/C25H28N2O3/c1-5-7-19-10-15-24(18(4)26-19)25(28)27-20-8-6-9-23(16-20)30-22-13-11-21(12-14-22)29-17(2)3/h6,8-17H,5,7H2,1-4H3,(H,27,28). The summed E-state index contributed by atoms with van der Waals surface area (Å²) in [5.74, 6) is 1.95. The number of hydrogen-bond acceptors (Lipinski definition) is 4. The van der Waals surface area contributed by atoms with Crippen LogP contribution in [0, 0.1) is 6.92 Å². The summed E-state index contributed by atoms with van der Waals surface area (Å²) in [5, 5.41) is 2.93. The number of pyridine rings is 1. The highest BCUT2D eigenvalue weighted by Crippen LogP contribution is 2.26. The lowest BCUT2D eigenvalue weighted by Gasteiger charge is -2.12. The van der Waals surface area contributed by atoms with Crippen molar-refractivity contribution in [2.75, 3.05) is 5.32 Å². The first-order valence-corrected chi connectivity index (χ1v) is 10.3. The van der Waals surface area contributed by atoms with Crippen LogP contribution in [0.2, 0.25) is 0 Å². The lowest BCUT2D eigenvalue weighted by molar-refractivity contribution is 0.102. The van der Waals surface area contributed by atoms with Crippen molar-refractivity contribution in [1.29, 1.82) is 0 Å². The molecule has 0 spiro atoms. The van der Waals surface area contributed by atoms with Crippen LogP contribution >= 0.6 is 0 Å². The highest BCUT2D eigenvalue weighted by molar-refractivity contribution is 6.05. The number of ether oxygens (including phenoxy) is 2. The van der Waals surface area contributed by atoms with E-state index in [1.807, 2.05) is 75.4 Å². The van der Waals surface area contributed by atoms with Gasteiger partial charge in [0.2, 0.25) is 0 Å². The summed E-state index contributed by atoms with van der Waals surface area (Å²) < 4.78 is 11.6. The van der Waals surface area contributed by atoms with Gasteiger partial charge in [-0.05, 0) is 75.7 Å². The Bertz CT molecular complexity index is 998. The number of carbonyl (C=O) groups is 1. The molecule has 0 fully saturated rings. The summed E-state index contributed by atoms with van der Waals surface area (Å²) in [6, 6.07) is 18.5. The first-order valence-electron chi connectivity index (χ1n) is 10.3. The molecule has 3 rings (SSSR count). The normalized spacial score (nSPS) is 10.7. The van der Waals surface area contributed by atoms with Crippen molar-refractivity contribution in [1.82, 2.24) is 4.98 Å². The zero-order chi connectivity index (χ0) is 21.5. The molecule has 1 aromatic heterocycles. The van der Waals surface area contributed by atoms with E-state index in [2.05, 4.69) is 17.2 Å². The molecule has 3 aromatic rings. The van der Waals surface area contributed by atoms with E-state index in [9.17, 15) is 4.79 Å². The third-order valence-electron chi connectivity index (χ3n) is 4.42. The maximum Gasteiger partial charge on any atom is 0.257 e. The molecule has 0 bridgehead atoms. The number of benzene rings is 2. The van der Waals surface area contributed by atoms with Crippen LogP contribution in [0.5, 0.6) is 17.2 Å². The Balaban J connectivity index is 1.67. The van der Waals surface area contributed by atoms with Crippen molar-refractivity contribution in [2.24, 2.45) is 0 Å². The van der Waals surface area contributed by atoms with Crippen LogP contribution in [0.25, 0.3) is 0 Å². The molecular formula is C25H28N2O3. The molecule has 0 unspecified atom stereocenters. The van der Waals surface area contributed by atoms with Gasteiger partial charge in [0.05, 0.1) is 17.4 Å². The van der Waals surface area contributed by atoms with Gasteiger partial charge in [-0.1, -0.05) is 19.4 Å². The third kappa shape index (κ3) is 5.83. The van der Waals surface area contributed by atoms with E-state index in [-0.39, 0.29) is 12.0 Å². The monoisotopic (exact) mass is 404 g/mol. The Hall–Kier alpha value is -3.34. The predicted octanol–water partition coefficient (Wildman–Crippen LogP) is 6.17. The Morgan fingerprint density at radius 3 is 2.40 bits per heavy atom. The number of aryl methyl sites for hydroxylation is 2. The van der Waals surface area contributed by atoms with Crippen molar-refractivity contribution in [3.05, 3.63) is 77.6 Å². The van der Waals surface area contributed by atoms with E-state index in [4.69, 9.17) is 9.47 Å². The number of nitrogens with zero attached hydrogens (tertiary/aromatic N) is 1. The SMILES string of the molecule is CCCc1ccc(C(=O)Nc2cccc(Oc3ccc(OC(C)C)cc3)c2)c(C)n1. The second-order valence-electron chi connectivity index (χ2n) is 7.41. The fourth-order valence-corrected chi connectivity index (χ4v) is 3.08. The topological polar surface area (TPSA) is 60.5 Å². The lowest BCUT2D eigenvalue weighted by atomic mass is 10.1. The Morgan fingerprint density at radius 1 is 1.00 bits per heavy atom. The molecule has 0 radical (unpaired) electrons. The molecule has 156 valence electrons. The lowest BCUT2D eigenvalue weighted by Crippen LogP contribution is -2.14. The summed E-state index contributed by atoms with van der Waals surface area (Å²) in [6.45, 7) is 7.95. The van der Waals surface area contributed by atoms with Crippen LogP contribution in [-0.4, -0.2) is 17.0 Å². The molecule has 5 nitrogen and oxygen atoms in total. The smallest absolute Gasteiger partial charge is 0.257 e. The largest absolute Gasteiger partial charge is 0.491 e.